The number of carbonyl (C=O) groups is 2. The van der Waals surface area contributed by atoms with Gasteiger partial charge in [-0.25, -0.2) is 4.79 Å². The molecule has 1 heterocycles. The van der Waals surface area contributed by atoms with Crippen LogP contribution >= 0.6 is 11.6 Å². The van der Waals surface area contributed by atoms with Crippen LogP contribution < -0.4 is 10.6 Å². The Morgan fingerprint density at radius 1 is 1.27 bits per heavy atom. The van der Waals surface area contributed by atoms with Crippen molar-refractivity contribution in [1.82, 2.24) is 15.5 Å². The lowest BCUT2D eigenvalue weighted by molar-refractivity contribution is -0.154. The number of aliphatic hydroxyl groups excluding tert-OH is 1. The fraction of sp³-hybridized carbons (Fsp3) is 0.636. The van der Waals surface area contributed by atoms with Gasteiger partial charge in [0, 0.05) is 42.0 Å². The largest absolute Gasteiger partial charge is 0.392 e. The van der Waals surface area contributed by atoms with Crippen LogP contribution in [0.4, 0.5) is 4.79 Å². The highest BCUT2D eigenvalue weighted by molar-refractivity contribution is 6.30. The van der Waals surface area contributed by atoms with Gasteiger partial charge in [-0.1, -0.05) is 37.6 Å². The predicted molar refractivity (Wildman–Crippen MR) is 117 cm³/mol. The van der Waals surface area contributed by atoms with Gasteiger partial charge < -0.3 is 25.7 Å². The molecular formula is C22H34ClN3O4. The monoisotopic (exact) mass is 439 g/mol. The molecule has 1 aliphatic rings. The Balaban J connectivity index is 2.02. The molecule has 1 saturated heterocycles. The highest BCUT2D eigenvalue weighted by Crippen LogP contribution is 2.46. The van der Waals surface area contributed by atoms with Crippen molar-refractivity contribution in [2.75, 3.05) is 19.6 Å². The van der Waals surface area contributed by atoms with E-state index < -0.39 is 28.7 Å². The van der Waals surface area contributed by atoms with E-state index in [2.05, 4.69) is 10.6 Å². The zero-order valence-corrected chi connectivity index (χ0v) is 19.2. The number of hydrogen-bond donors (Lipinski definition) is 4. The molecule has 2 atom stereocenters. The Morgan fingerprint density at radius 3 is 2.40 bits per heavy atom. The van der Waals surface area contributed by atoms with Crippen molar-refractivity contribution >= 4 is 23.5 Å². The van der Waals surface area contributed by atoms with E-state index in [4.69, 9.17) is 11.6 Å². The van der Waals surface area contributed by atoms with Gasteiger partial charge in [0.05, 0.1) is 11.7 Å². The molecule has 30 heavy (non-hydrogen) atoms. The van der Waals surface area contributed by atoms with Gasteiger partial charge in [0.2, 0.25) is 5.91 Å². The smallest absolute Gasteiger partial charge is 0.315 e. The summed E-state index contributed by atoms with van der Waals surface area (Å²) in [5.74, 6) is -0.0814. The number of nitrogens with one attached hydrogen (secondary N) is 2. The van der Waals surface area contributed by atoms with Crippen LogP contribution in [0.3, 0.4) is 0 Å². The summed E-state index contributed by atoms with van der Waals surface area (Å²) in [5.41, 5.74) is -1.60. The number of benzene rings is 1. The Morgan fingerprint density at radius 2 is 1.87 bits per heavy atom. The van der Waals surface area contributed by atoms with Gasteiger partial charge in [0.15, 0.2) is 0 Å². The van der Waals surface area contributed by atoms with E-state index in [1.165, 1.54) is 0 Å². The molecule has 0 aromatic heterocycles. The zero-order chi connectivity index (χ0) is 22.7. The molecule has 3 amide bonds. The minimum atomic E-state index is -1.07. The van der Waals surface area contributed by atoms with Crippen LogP contribution in [0.1, 0.15) is 53.0 Å². The fourth-order valence-corrected chi connectivity index (χ4v) is 4.05. The number of carbonyl (C=O) groups excluding carboxylic acids is 2. The molecule has 4 N–H and O–H groups in total. The number of amides is 3. The van der Waals surface area contributed by atoms with Crippen molar-refractivity contribution in [1.29, 1.82) is 0 Å². The van der Waals surface area contributed by atoms with Crippen LogP contribution in [0.2, 0.25) is 5.02 Å². The predicted octanol–water partition coefficient (Wildman–Crippen LogP) is 2.63. The Kier molecular flexibility index (Phi) is 7.43. The molecule has 1 aromatic rings. The van der Waals surface area contributed by atoms with E-state index in [0.29, 0.717) is 24.5 Å². The van der Waals surface area contributed by atoms with Crippen molar-refractivity contribution in [2.45, 2.75) is 64.7 Å². The molecule has 1 fully saturated rings. The maximum Gasteiger partial charge on any atom is 0.315 e. The van der Waals surface area contributed by atoms with E-state index in [9.17, 15) is 19.8 Å². The summed E-state index contributed by atoms with van der Waals surface area (Å²) >= 11 is 5.98. The van der Waals surface area contributed by atoms with Crippen LogP contribution in [0.25, 0.3) is 0 Å². The molecule has 0 spiro atoms. The third-order valence-electron chi connectivity index (χ3n) is 5.73. The highest BCUT2D eigenvalue weighted by atomic mass is 35.5. The number of hydrogen-bond acceptors (Lipinski definition) is 4. The summed E-state index contributed by atoms with van der Waals surface area (Å²) < 4.78 is 0. The standard InChI is InChI=1S/C22H34ClN3O4/c1-15(27)13-24-19(29)25-21(4,5)12-18(28)26-11-10-22(30,20(2,3)14-26)16-6-8-17(23)9-7-16/h6-9,15,27,30H,10-14H2,1-5H3,(H2,24,25,29)/t15-,22-/m0/s1. The molecule has 0 aliphatic carbocycles. The van der Waals surface area contributed by atoms with E-state index in [1.54, 1.807) is 37.8 Å². The van der Waals surface area contributed by atoms with Crippen molar-refractivity contribution in [2.24, 2.45) is 5.41 Å². The molecule has 1 aromatic carbocycles. The average Bonchev–Trinajstić information content (AvgIpc) is 2.61. The van der Waals surface area contributed by atoms with Crippen LogP contribution in [-0.4, -0.2) is 58.3 Å². The minimum Gasteiger partial charge on any atom is -0.392 e. The third-order valence-corrected chi connectivity index (χ3v) is 5.98. The van der Waals surface area contributed by atoms with E-state index in [0.717, 1.165) is 5.56 Å². The number of nitrogens with zero attached hydrogens (tertiary/aromatic N) is 1. The van der Waals surface area contributed by atoms with Crippen LogP contribution in [-0.2, 0) is 10.4 Å². The molecule has 7 nitrogen and oxygen atoms in total. The quantitative estimate of drug-likeness (QED) is 0.547. The first kappa shape index (κ1) is 24.4. The number of halogens is 1. The van der Waals surface area contributed by atoms with E-state index in [-0.39, 0.29) is 18.9 Å². The average molecular weight is 440 g/mol. The minimum absolute atomic E-state index is 0.0814. The molecular weight excluding hydrogens is 406 g/mol. The second-order valence-corrected chi connectivity index (χ2v) is 10.00. The van der Waals surface area contributed by atoms with Crippen molar-refractivity contribution in [3.8, 4) is 0 Å². The molecule has 168 valence electrons. The van der Waals surface area contributed by atoms with Gasteiger partial charge in [-0.15, -0.1) is 0 Å². The summed E-state index contributed by atoms with van der Waals surface area (Å²) in [6.07, 6.45) is -0.101. The number of aliphatic hydroxyl groups is 2. The van der Waals surface area contributed by atoms with Crippen molar-refractivity contribution in [3.05, 3.63) is 34.9 Å². The van der Waals surface area contributed by atoms with Gasteiger partial charge in [-0.3, -0.25) is 4.79 Å². The van der Waals surface area contributed by atoms with Gasteiger partial charge in [-0.05, 0) is 44.9 Å². The van der Waals surface area contributed by atoms with Gasteiger partial charge in [0.1, 0.15) is 0 Å². The Bertz CT molecular complexity index is 764. The molecule has 2 rings (SSSR count). The lowest BCUT2D eigenvalue weighted by Crippen LogP contribution is -2.58. The maximum absolute atomic E-state index is 13.0. The SMILES string of the molecule is C[C@H](O)CNC(=O)NC(C)(C)CC(=O)N1CC[C@](O)(c2ccc(Cl)cc2)C(C)(C)C1. The zero-order valence-electron chi connectivity index (χ0n) is 18.5. The van der Waals surface area contributed by atoms with Crippen molar-refractivity contribution in [3.63, 3.8) is 0 Å². The Hall–Kier alpha value is -1.83. The topological polar surface area (TPSA) is 102 Å². The first-order chi connectivity index (χ1) is 13.8. The summed E-state index contributed by atoms with van der Waals surface area (Å²) in [5, 5.41) is 26.7. The molecule has 1 aliphatic heterocycles. The van der Waals surface area contributed by atoms with Gasteiger partial charge in [-0.2, -0.15) is 0 Å². The third kappa shape index (κ3) is 5.86. The van der Waals surface area contributed by atoms with Crippen LogP contribution in [0, 0.1) is 5.41 Å². The second-order valence-electron chi connectivity index (χ2n) is 9.56. The first-order valence-electron chi connectivity index (χ1n) is 10.3. The lowest BCUT2D eigenvalue weighted by Gasteiger charge is -2.51. The first-order valence-corrected chi connectivity index (χ1v) is 10.6. The van der Waals surface area contributed by atoms with E-state index in [1.807, 2.05) is 26.0 Å². The van der Waals surface area contributed by atoms with Crippen molar-refractivity contribution < 1.29 is 19.8 Å². The lowest BCUT2D eigenvalue weighted by atomic mass is 9.66. The number of likely N-dealkylation sites (tertiary alicyclic amines) is 1. The van der Waals surface area contributed by atoms with E-state index >= 15 is 0 Å². The number of rotatable bonds is 6. The molecule has 0 radical (unpaired) electrons. The van der Waals surface area contributed by atoms with Gasteiger partial charge >= 0.3 is 6.03 Å². The van der Waals surface area contributed by atoms with Gasteiger partial charge in [0.25, 0.3) is 0 Å². The van der Waals surface area contributed by atoms with Crippen LogP contribution in [0.5, 0.6) is 0 Å². The summed E-state index contributed by atoms with van der Waals surface area (Å²) in [6.45, 7) is 10.0. The second kappa shape index (κ2) is 9.12. The maximum atomic E-state index is 13.0. The Labute approximate surface area is 183 Å². The summed E-state index contributed by atoms with van der Waals surface area (Å²) in [6, 6.07) is 6.77. The summed E-state index contributed by atoms with van der Waals surface area (Å²) in [7, 11) is 0. The molecule has 0 bridgehead atoms. The number of piperidine rings is 1. The fourth-order valence-electron chi connectivity index (χ4n) is 3.92. The number of urea groups is 1. The molecule has 0 saturated carbocycles. The summed E-state index contributed by atoms with van der Waals surface area (Å²) in [4.78, 5) is 26.7. The van der Waals surface area contributed by atoms with Crippen LogP contribution in [0.15, 0.2) is 24.3 Å². The normalized spacial score (nSPS) is 22.3. The molecule has 0 unspecified atom stereocenters. The highest BCUT2D eigenvalue weighted by Gasteiger charge is 2.49. The molecule has 8 heteroatoms.